The van der Waals surface area contributed by atoms with Crippen molar-refractivity contribution in [3.63, 3.8) is 0 Å². The van der Waals surface area contributed by atoms with Gasteiger partial charge in [0, 0.05) is 11.6 Å². The molecule has 0 amide bonds. The maximum absolute atomic E-state index is 13.3. The van der Waals surface area contributed by atoms with Crippen LogP contribution in [0.4, 0.5) is 10.1 Å². The summed E-state index contributed by atoms with van der Waals surface area (Å²) < 4.78 is 13.3. The van der Waals surface area contributed by atoms with Crippen LogP contribution < -0.4 is 5.32 Å². The van der Waals surface area contributed by atoms with E-state index in [0.717, 1.165) is 12.0 Å². The van der Waals surface area contributed by atoms with Crippen molar-refractivity contribution in [1.82, 2.24) is 0 Å². The first-order valence-corrected chi connectivity index (χ1v) is 8.51. The van der Waals surface area contributed by atoms with Crippen molar-refractivity contribution in [3.05, 3.63) is 89.8 Å². The third-order valence-corrected chi connectivity index (χ3v) is 5.49. The maximum Gasteiger partial charge on any atom is 0.123 e. The Morgan fingerprint density at radius 3 is 2.62 bits per heavy atom. The van der Waals surface area contributed by atoms with Gasteiger partial charge in [0.15, 0.2) is 0 Å². The molecule has 2 aliphatic rings. The zero-order chi connectivity index (χ0) is 16.1. The first-order valence-electron chi connectivity index (χ1n) is 8.51. The van der Waals surface area contributed by atoms with Gasteiger partial charge in [-0.1, -0.05) is 54.6 Å². The SMILES string of the molecule is Fc1ccc([C@@H]2Nc3ccc4ccccc4c3[C@H]3C=CC[C@H]32)cc1. The second-order valence-corrected chi connectivity index (χ2v) is 6.77. The molecule has 24 heavy (non-hydrogen) atoms. The van der Waals surface area contributed by atoms with E-state index >= 15 is 0 Å². The molecule has 0 saturated heterocycles. The highest BCUT2D eigenvalue weighted by Gasteiger charge is 2.38. The topological polar surface area (TPSA) is 12.0 Å². The molecule has 0 radical (unpaired) electrons. The van der Waals surface area contributed by atoms with E-state index in [9.17, 15) is 4.39 Å². The Labute approximate surface area is 140 Å². The molecule has 0 aromatic heterocycles. The number of halogens is 1. The van der Waals surface area contributed by atoms with Crippen LogP contribution in [0.5, 0.6) is 0 Å². The first kappa shape index (κ1) is 13.8. The smallest absolute Gasteiger partial charge is 0.123 e. The largest absolute Gasteiger partial charge is 0.378 e. The minimum atomic E-state index is -0.179. The quantitative estimate of drug-likeness (QED) is 0.559. The number of hydrogen-bond donors (Lipinski definition) is 1. The molecule has 1 aliphatic heterocycles. The van der Waals surface area contributed by atoms with Gasteiger partial charge in [0.1, 0.15) is 5.82 Å². The van der Waals surface area contributed by atoms with E-state index in [1.807, 2.05) is 12.1 Å². The summed E-state index contributed by atoms with van der Waals surface area (Å²) in [6, 6.07) is 20.1. The molecule has 118 valence electrons. The summed E-state index contributed by atoms with van der Waals surface area (Å²) in [5.41, 5.74) is 3.77. The van der Waals surface area contributed by atoms with Crippen LogP contribution in [-0.2, 0) is 0 Å². The number of fused-ring (bicyclic) bond motifs is 5. The predicted molar refractivity (Wildman–Crippen MR) is 96.7 cm³/mol. The fraction of sp³-hybridized carbons (Fsp3) is 0.182. The van der Waals surface area contributed by atoms with Crippen molar-refractivity contribution in [1.29, 1.82) is 0 Å². The van der Waals surface area contributed by atoms with Crippen LogP contribution in [0.2, 0.25) is 0 Å². The van der Waals surface area contributed by atoms with Crippen LogP contribution in [0.25, 0.3) is 10.8 Å². The molecule has 0 unspecified atom stereocenters. The number of nitrogens with one attached hydrogen (secondary N) is 1. The number of benzene rings is 3. The molecule has 3 aromatic rings. The highest BCUT2D eigenvalue weighted by molar-refractivity contribution is 5.91. The fourth-order valence-corrected chi connectivity index (χ4v) is 4.38. The lowest BCUT2D eigenvalue weighted by atomic mass is 9.75. The van der Waals surface area contributed by atoms with Crippen LogP contribution in [0, 0.1) is 11.7 Å². The van der Waals surface area contributed by atoms with E-state index in [1.165, 1.54) is 22.0 Å². The zero-order valence-corrected chi connectivity index (χ0v) is 13.2. The summed E-state index contributed by atoms with van der Waals surface area (Å²) >= 11 is 0. The van der Waals surface area contributed by atoms with Gasteiger partial charge in [-0.05, 0) is 52.4 Å². The molecule has 2 heteroatoms. The van der Waals surface area contributed by atoms with Crippen molar-refractivity contribution < 1.29 is 4.39 Å². The molecule has 3 atom stereocenters. The standard InChI is InChI=1S/C22H18FN/c23-16-11-8-15(9-12-16)22-19-7-3-6-18(19)21-17-5-2-1-4-14(17)10-13-20(21)24-22/h1-6,8-13,18-19,22,24H,7H2/t18-,19+,22-/m0/s1. The average Bonchev–Trinajstić information content (AvgIpc) is 3.11. The van der Waals surface area contributed by atoms with Crippen molar-refractivity contribution in [2.75, 3.05) is 5.32 Å². The van der Waals surface area contributed by atoms with Crippen molar-refractivity contribution >= 4 is 16.5 Å². The van der Waals surface area contributed by atoms with E-state index < -0.39 is 0 Å². The number of anilines is 1. The van der Waals surface area contributed by atoms with Crippen LogP contribution in [0.3, 0.4) is 0 Å². The molecule has 0 fully saturated rings. The molecule has 0 saturated carbocycles. The molecule has 0 spiro atoms. The molecule has 1 N–H and O–H groups in total. The molecular formula is C22H18FN. The molecule has 1 heterocycles. The second kappa shape index (κ2) is 5.20. The van der Waals surface area contributed by atoms with Gasteiger partial charge in [0.05, 0.1) is 6.04 Å². The van der Waals surface area contributed by atoms with Gasteiger partial charge >= 0.3 is 0 Å². The number of rotatable bonds is 1. The fourth-order valence-electron chi connectivity index (χ4n) is 4.38. The average molecular weight is 315 g/mol. The Hall–Kier alpha value is -2.61. The van der Waals surface area contributed by atoms with Gasteiger partial charge in [-0.25, -0.2) is 4.39 Å². The molecule has 1 aliphatic carbocycles. The number of allylic oxidation sites excluding steroid dienone is 2. The Morgan fingerprint density at radius 2 is 1.75 bits per heavy atom. The van der Waals surface area contributed by atoms with Crippen LogP contribution in [0.15, 0.2) is 72.8 Å². The summed E-state index contributed by atoms with van der Waals surface area (Å²) in [4.78, 5) is 0. The van der Waals surface area contributed by atoms with Crippen LogP contribution >= 0.6 is 0 Å². The van der Waals surface area contributed by atoms with Crippen LogP contribution in [0.1, 0.15) is 29.5 Å². The molecular weight excluding hydrogens is 297 g/mol. The minimum Gasteiger partial charge on any atom is -0.378 e. The lowest BCUT2D eigenvalue weighted by molar-refractivity contribution is 0.427. The van der Waals surface area contributed by atoms with Gasteiger partial charge in [-0.2, -0.15) is 0 Å². The summed E-state index contributed by atoms with van der Waals surface area (Å²) in [5.74, 6) is 0.721. The molecule has 5 rings (SSSR count). The third-order valence-electron chi connectivity index (χ3n) is 5.49. The number of hydrogen-bond acceptors (Lipinski definition) is 1. The van der Waals surface area contributed by atoms with Gasteiger partial charge in [-0.15, -0.1) is 0 Å². The summed E-state index contributed by atoms with van der Waals surface area (Å²) in [7, 11) is 0. The van der Waals surface area contributed by atoms with Crippen molar-refractivity contribution in [3.8, 4) is 0 Å². The maximum atomic E-state index is 13.3. The monoisotopic (exact) mass is 315 g/mol. The third kappa shape index (κ3) is 1.99. The summed E-state index contributed by atoms with van der Waals surface area (Å²) in [6.07, 6.45) is 5.71. The predicted octanol–water partition coefficient (Wildman–Crippen LogP) is 5.81. The Bertz CT molecular complexity index is 942. The van der Waals surface area contributed by atoms with E-state index in [0.29, 0.717) is 11.8 Å². The highest BCUT2D eigenvalue weighted by Crippen LogP contribution is 2.51. The van der Waals surface area contributed by atoms with Crippen LogP contribution in [-0.4, -0.2) is 0 Å². The van der Waals surface area contributed by atoms with Gasteiger partial charge in [-0.3, -0.25) is 0 Å². The summed E-state index contributed by atoms with van der Waals surface area (Å²) in [5, 5.41) is 6.36. The zero-order valence-electron chi connectivity index (χ0n) is 13.2. The van der Waals surface area contributed by atoms with Gasteiger partial charge in [0.25, 0.3) is 0 Å². The molecule has 3 aromatic carbocycles. The van der Waals surface area contributed by atoms with E-state index in [4.69, 9.17) is 0 Å². The second-order valence-electron chi connectivity index (χ2n) is 6.77. The molecule has 1 nitrogen and oxygen atoms in total. The first-order chi connectivity index (χ1) is 11.8. The normalized spacial score (nSPS) is 24.5. The molecule has 0 bridgehead atoms. The minimum absolute atomic E-state index is 0.179. The van der Waals surface area contributed by atoms with Crippen molar-refractivity contribution in [2.24, 2.45) is 5.92 Å². The van der Waals surface area contributed by atoms with E-state index in [-0.39, 0.29) is 11.9 Å². The Morgan fingerprint density at radius 1 is 0.917 bits per heavy atom. The van der Waals surface area contributed by atoms with E-state index in [1.54, 1.807) is 12.1 Å². The van der Waals surface area contributed by atoms with Crippen molar-refractivity contribution in [2.45, 2.75) is 18.4 Å². The Balaban J connectivity index is 1.67. The van der Waals surface area contributed by atoms with Gasteiger partial charge in [0.2, 0.25) is 0 Å². The Kier molecular flexibility index (Phi) is 2.99. The van der Waals surface area contributed by atoms with Gasteiger partial charge < -0.3 is 5.32 Å². The lowest BCUT2D eigenvalue weighted by Crippen LogP contribution is -2.29. The summed E-state index contributed by atoms with van der Waals surface area (Å²) in [6.45, 7) is 0. The lowest BCUT2D eigenvalue weighted by Gasteiger charge is -2.38. The van der Waals surface area contributed by atoms with E-state index in [2.05, 4.69) is 53.9 Å². The highest BCUT2D eigenvalue weighted by atomic mass is 19.1.